The first-order valence-electron chi connectivity index (χ1n) is 6.29. The van der Waals surface area contributed by atoms with Crippen LogP contribution in [0.2, 0.25) is 0 Å². The topological polar surface area (TPSA) is 63.5 Å². The highest BCUT2D eigenvalue weighted by Gasteiger charge is 2.09. The molecule has 0 radical (unpaired) electrons. The molecule has 0 aliphatic heterocycles. The Balaban J connectivity index is 2.44. The zero-order chi connectivity index (χ0) is 15.2. The molecule has 2 aromatic rings. The minimum absolute atomic E-state index is 0.515. The Morgan fingerprint density at radius 2 is 1.48 bits per heavy atom. The Morgan fingerprint density at radius 1 is 0.857 bits per heavy atom. The number of ether oxygens (including phenoxy) is 3. The smallest absolute Gasteiger partial charge is 0.142 e. The van der Waals surface area contributed by atoms with E-state index in [1.54, 1.807) is 57.7 Å². The molecule has 2 aromatic carbocycles. The predicted molar refractivity (Wildman–Crippen MR) is 80.5 cm³/mol. The monoisotopic (exact) mass is 284 g/mol. The molecule has 0 aliphatic rings. The van der Waals surface area contributed by atoms with Crippen molar-refractivity contribution >= 4 is 11.4 Å². The third-order valence-corrected chi connectivity index (χ3v) is 3.02. The molecule has 0 heterocycles. The van der Waals surface area contributed by atoms with Gasteiger partial charge in [-0.15, -0.1) is 0 Å². The Labute approximate surface area is 123 Å². The SMILES string of the molecule is COc1ccc(C#N)c(Nc2cc(OC)ccc2OC)c1. The highest BCUT2D eigenvalue weighted by atomic mass is 16.5. The molecule has 0 spiro atoms. The van der Waals surface area contributed by atoms with Gasteiger partial charge in [-0.3, -0.25) is 0 Å². The summed E-state index contributed by atoms with van der Waals surface area (Å²) < 4.78 is 15.7. The van der Waals surface area contributed by atoms with Gasteiger partial charge in [0.15, 0.2) is 0 Å². The molecule has 0 atom stereocenters. The van der Waals surface area contributed by atoms with Crippen molar-refractivity contribution in [2.45, 2.75) is 0 Å². The molecule has 0 amide bonds. The van der Waals surface area contributed by atoms with Gasteiger partial charge < -0.3 is 19.5 Å². The van der Waals surface area contributed by atoms with Crippen molar-refractivity contribution in [2.75, 3.05) is 26.6 Å². The van der Waals surface area contributed by atoms with Crippen LogP contribution in [0.4, 0.5) is 11.4 Å². The van der Waals surface area contributed by atoms with Gasteiger partial charge >= 0.3 is 0 Å². The van der Waals surface area contributed by atoms with Gasteiger partial charge in [-0.05, 0) is 24.3 Å². The molecular formula is C16H16N2O3. The quantitative estimate of drug-likeness (QED) is 0.912. The van der Waals surface area contributed by atoms with Gasteiger partial charge in [0.05, 0.1) is 38.3 Å². The summed E-state index contributed by atoms with van der Waals surface area (Å²) in [6.07, 6.45) is 0. The van der Waals surface area contributed by atoms with Crippen molar-refractivity contribution in [3.8, 4) is 23.3 Å². The van der Waals surface area contributed by atoms with E-state index in [-0.39, 0.29) is 0 Å². The molecule has 0 aromatic heterocycles. The lowest BCUT2D eigenvalue weighted by molar-refractivity contribution is 0.405. The van der Waals surface area contributed by atoms with Gasteiger partial charge in [0, 0.05) is 12.1 Å². The number of anilines is 2. The molecule has 0 saturated heterocycles. The van der Waals surface area contributed by atoms with E-state index >= 15 is 0 Å². The first-order valence-corrected chi connectivity index (χ1v) is 6.29. The number of benzene rings is 2. The summed E-state index contributed by atoms with van der Waals surface area (Å²) in [6, 6.07) is 12.8. The van der Waals surface area contributed by atoms with Crippen LogP contribution in [-0.2, 0) is 0 Å². The fourth-order valence-electron chi connectivity index (χ4n) is 1.91. The van der Waals surface area contributed by atoms with Crippen molar-refractivity contribution in [3.05, 3.63) is 42.0 Å². The molecule has 21 heavy (non-hydrogen) atoms. The minimum atomic E-state index is 0.515. The number of nitrogens with one attached hydrogen (secondary N) is 1. The molecule has 0 fully saturated rings. The molecule has 2 rings (SSSR count). The minimum Gasteiger partial charge on any atom is -0.497 e. The summed E-state index contributed by atoms with van der Waals surface area (Å²) in [5, 5.41) is 12.4. The molecule has 5 nitrogen and oxygen atoms in total. The maximum atomic E-state index is 9.20. The van der Waals surface area contributed by atoms with Crippen molar-refractivity contribution in [1.82, 2.24) is 0 Å². The van der Waals surface area contributed by atoms with E-state index in [9.17, 15) is 5.26 Å². The summed E-state index contributed by atoms with van der Waals surface area (Å²) in [7, 11) is 4.76. The van der Waals surface area contributed by atoms with Crippen LogP contribution in [0.25, 0.3) is 0 Å². The van der Waals surface area contributed by atoms with Crippen LogP contribution in [-0.4, -0.2) is 21.3 Å². The van der Waals surface area contributed by atoms with Crippen molar-refractivity contribution < 1.29 is 14.2 Å². The normalized spacial score (nSPS) is 9.62. The van der Waals surface area contributed by atoms with E-state index in [1.165, 1.54) is 0 Å². The summed E-state index contributed by atoms with van der Waals surface area (Å²) >= 11 is 0. The first kappa shape index (κ1) is 14.5. The van der Waals surface area contributed by atoms with Crippen LogP contribution in [0.5, 0.6) is 17.2 Å². The summed E-state index contributed by atoms with van der Waals surface area (Å²) in [6.45, 7) is 0. The number of hydrogen-bond acceptors (Lipinski definition) is 5. The van der Waals surface area contributed by atoms with Crippen LogP contribution < -0.4 is 19.5 Å². The maximum Gasteiger partial charge on any atom is 0.142 e. The van der Waals surface area contributed by atoms with Gasteiger partial charge in [-0.25, -0.2) is 0 Å². The number of hydrogen-bond donors (Lipinski definition) is 1. The van der Waals surface area contributed by atoms with E-state index < -0.39 is 0 Å². The van der Waals surface area contributed by atoms with E-state index in [0.29, 0.717) is 34.2 Å². The van der Waals surface area contributed by atoms with Crippen LogP contribution in [0.1, 0.15) is 5.56 Å². The number of nitriles is 1. The average Bonchev–Trinajstić information content (AvgIpc) is 2.54. The van der Waals surface area contributed by atoms with Gasteiger partial charge in [0.1, 0.15) is 23.3 Å². The number of rotatable bonds is 5. The summed E-state index contributed by atoms with van der Waals surface area (Å²) in [5.41, 5.74) is 1.87. The third kappa shape index (κ3) is 3.18. The summed E-state index contributed by atoms with van der Waals surface area (Å²) in [4.78, 5) is 0. The zero-order valence-corrected chi connectivity index (χ0v) is 12.1. The third-order valence-electron chi connectivity index (χ3n) is 3.02. The Bertz CT molecular complexity index is 678. The molecule has 1 N–H and O–H groups in total. The molecular weight excluding hydrogens is 268 g/mol. The number of nitrogens with zero attached hydrogens (tertiary/aromatic N) is 1. The molecule has 0 bridgehead atoms. The zero-order valence-electron chi connectivity index (χ0n) is 12.1. The molecule has 0 saturated carbocycles. The lowest BCUT2D eigenvalue weighted by Crippen LogP contribution is -1.98. The molecule has 5 heteroatoms. The standard InChI is InChI=1S/C16H16N2O3/c1-19-12-5-4-11(10-17)14(8-12)18-15-9-13(20-2)6-7-16(15)21-3/h4-9,18H,1-3H3. The van der Waals surface area contributed by atoms with Gasteiger partial charge in [-0.1, -0.05) is 0 Å². The van der Waals surface area contributed by atoms with Crippen LogP contribution >= 0.6 is 0 Å². The second-order valence-electron chi connectivity index (χ2n) is 4.21. The maximum absolute atomic E-state index is 9.20. The highest BCUT2D eigenvalue weighted by Crippen LogP contribution is 2.33. The molecule has 0 aliphatic carbocycles. The highest BCUT2D eigenvalue weighted by molar-refractivity contribution is 5.73. The van der Waals surface area contributed by atoms with E-state index in [0.717, 1.165) is 0 Å². The largest absolute Gasteiger partial charge is 0.497 e. The molecule has 0 unspecified atom stereocenters. The predicted octanol–water partition coefficient (Wildman–Crippen LogP) is 3.33. The molecule has 108 valence electrons. The number of methoxy groups -OCH3 is 3. The van der Waals surface area contributed by atoms with Crippen molar-refractivity contribution in [2.24, 2.45) is 0 Å². The fourth-order valence-corrected chi connectivity index (χ4v) is 1.91. The van der Waals surface area contributed by atoms with Gasteiger partial charge in [0.2, 0.25) is 0 Å². The van der Waals surface area contributed by atoms with Gasteiger partial charge in [0.25, 0.3) is 0 Å². The second-order valence-corrected chi connectivity index (χ2v) is 4.21. The lowest BCUT2D eigenvalue weighted by Gasteiger charge is -2.14. The van der Waals surface area contributed by atoms with Crippen LogP contribution in [0, 0.1) is 11.3 Å². The second kappa shape index (κ2) is 6.53. The Hall–Kier alpha value is -2.87. The lowest BCUT2D eigenvalue weighted by atomic mass is 10.1. The van der Waals surface area contributed by atoms with E-state index in [4.69, 9.17) is 14.2 Å². The summed E-state index contributed by atoms with van der Waals surface area (Å²) in [5.74, 6) is 2.01. The van der Waals surface area contributed by atoms with Gasteiger partial charge in [-0.2, -0.15) is 5.26 Å². The van der Waals surface area contributed by atoms with Crippen molar-refractivity contribution in [1.29, 1.82) is 5.26 Å². The van der Waals surface area contributed by atoms with E-state index in [1.807, 2.05) is 0 Å². The van der Waals surface area contributed by atoms with E-state index in [2.05, 4.69) is 11.4 Å². The van der Waals surface area contributed by atoms with Crippen molar-refractivity contribution in [3.63, 3.8) is 0 Å². The fraction of sp³-hybridized carbons (Fsp3) is 0.188. The Morgan fingerprint density at radius 3 is 2.05 bits per heavy atom. The van der Waals surface area contributed by atoms with Crippen LogP contribution in [0.3, 0.4) is 0 Å². The van der Waals surface area contributed by atoms with Crippen LogP contribution in [0.15, 0.2) is 36.4 Å². The Kier molecular flexibility index (Phi) is 4.52. The first-order chi connectivity index (χ1) is 10.2. The average molecular weight is 284 g/mol.